The molecule has 0 aliphatic carbocycles. The molecule has 0 radical (unpaired) electrons. The number of aromatic nitrogens is 4. The van der Waals surface area contributed by atoms with E-state index in [2.05, 4.69) is 15.5 Å². The molecular weight excluding hydrogens is 420 g/mol. The average molecular weight is 433 g/mol. The quantitative estimate of drug-likeness (QED) is 0.620. The lowest BCUT2D eigenvalue weighted by Gasteiger charge is -2.11. The normalized spacial score (nSPS) is 12.2. The van der Waals surface area contributed by atoms with Gasteiger partial charge in [0.2, 0.25) is 5.91 Å². The van der Waals surface area contributed by atoms with E-state index in [4.69, 9.17) is 46.4 Å². The van der Waals surface area contributed by atoms with Crippen molar-refractivity contribution in [2.75, 3.05) is 5.32 Å². The van der Waals surface area contributed by atoms with Gasteiger partial charge in [-0.05, 0) is 19.1 Å². The maximum atomic E-state index is 12.4. The highest BCUT2D eigenvalue weighted by molar-refractivity contribution is 6.36. The maximum Gasteiger partial charge on any atom is 0.250 e. The first-order valence-electron chi connectivity index (χ1n) is 7.51. The Bertz CT molecular complexity index is 932. The second-order valence-corrected chi connectivity index (χ2v) is 7.19. The second-order valence-electron chi connectivity index (χ2n) is 5.53. The molecule has 3 rings (SSSR count). The predicted octanol–water partition coefficient (Wildman–Crippen LogP) is 4.94. The number of amides is 1. The van der Waals surface area contributed by atoms with Crippen LogP contribution in [0.5, 0.6) is 0 Å². The van der Waals surface area contributed by atoms with Crippen molar-refractivity contribution in [1.82, 2.24) is 19.6 Å². The van der Waals surface area contributed by atoms with Crippen LogP contribution in [0.15, 0.2) is 36.8 Å². The van der Waals surface area contributed by atoms with E-state index >= 15 is 0 Å². The highest BCUT2D eigenvalue weighted by Crippen LogP contribution is 2.27. The van der Waals surface area contributed by atoms with E-state index in [1.165, 1.54) is 10.9 Å². The van der Waals surface area contributed by atoms with E-state index in [1.54, 1.807) is 42.2 Å². The smallest absolute Gasteiger partial charge is 0.250 e. The molecule has 26 heavy (non-hydrogen) atoms. The Balaban J connectivity index is 1.75. The monoisotopic (exact) mass is 431 g/mol. The van der Waals surface area contributed by atoms with Crippen molar-refractivity contribution in [3.8, 4) is 0 Å². The first-order chi connectivity index (χ1) is 12.3. The minimum atomic E-state index is -0.582. The zero-order valence-electron chi connectivity index (χ0n) is 13.5. The van der Waals surface area contributed by atoms with Gasteiger partial charge in [-0.25, -0.2) is 0 Å². The molecule has 1 amide bonds. The molecule has 2 aromatic heterocycles. The highest BCUT2D eigenvalue weighted by Gasteiger charge is 2.19. The van der Waals surface area contributed by atoms with Gasteiger partial charge < -0.3 is 5.32 Å². The number of hydrogen-bond acceptors (Lipinski definition) is 3. The fourth-order valence-electron chi connectivity index (χ4n) is 2.28. The van der Waals surface area contributed by atoms with Crippen molar-refractivity contribution in [2.24, 2.45) is 0 Å². The van der Waals surface area contributed by atoms with Crippen LogP contribution in [-0.2, 0) is 11.3 Å². The maximum absolute atomic E-state index is 12.4. The van der Waals surface area contributed by atoms with Gasteiger partial charge in [0.05, 0.1) is 17.8 Å². The molecule has 0 spiro atoms. The Labute approximate surface area is 169 Å². The number of carbonyl (C=O) groups is 1. The SMILES string of the molecule is CC(C(=O)Nc1nn(Cc2c(Cl)cccc2Cl)cc1Cl)n1cc(Cl)cn1. The Morgan fingerprint density at radius 2 is 1.85 bits per heavy atom. The summed E-state index contributed by atoms with van der Waals surface area (Å²) in [5.41, 5.74) is 0.715. The Morgan fingerprint density at radius 3 is 2.46 bits per heavy atom. The summed E-state index contributed by atoms with van der Waals surface area (Å²) in [5.74, 6) is -0.0855. The fraction of sp³-hybridized carbons (Fsp3) is 0.188. The molecule has 0 bridgehead atoms. The van der Waals surface area contributed by atoms with Gasteiger partial charge in [-0.15, -0.1) is 0 Å². The van der Waals surface area contributed by atoms with E-state index < -0.39 is 6.04 Å². The van der Waals surface area contributed by atoms with Crippen molar-refractivity contribution >= 4 is 58.1 Å². The molecule has 6 nitrogen and oxygen atoms in total. The Kier molecular flexibility index (Phi) is 5.77. The summed E-state index contributed by atoms with van der Waals surface area (Å²) in [6.45, 7) is 2.01. The van der Waals surface area contributed by atoms with E-state index in [0.717, 1.165) is 0 Å². The number of nitrogens with one attached hydrogen (secondary N) is 1. The van der Waals surface area contributed by atoms with Crippen LogP contribution >= 0.6 is 46.4 Å². The zero-order chi connectivity index (χ0) is 18.8. The van der Waals surface area contributed by atoms with Crippen LogP contribution in [0.3, 0.4) is 0 Å². The molecule has 0 fully saturated rings. The van der Waals surface area contributed by atoms with E-state index in [9.17, 15) is 4.79 Å². The molecule has 0 saturated carbocycles. The van der Waals surface area contributed by atoms with Gasteiger partial charge in [0.15, 0.2) is 5.82 Å². The van der Waals surface area contributed by atoms with Crippen LogP contribution in [0.2, 0.25) is 20.1 Å². The first-order valence-corrected chi connectivity index (χ1v) is 9.02. The van der Waals surface area contributed by atoms with E-state index in [0.29, 0.717) is 32.2 Å². The lowest BCUT2D eigenvalue weighted by Crippen LogP contribution is -2.24. The lowest BCUT2D eigenvalue weighted by atomic mass is 10.2. The van der Waals surface area contributed by atoms with Gasteiger partial charge >= 0.3 is 0 Å². The molecule has 2 heterocycles. The standard InChI is InChI=1S/C16H13Cl4N5O/c1-9(25-6-10(17)5-21-25)16(26)22-15-14(20)8-24(23-15)7-11-12(18)3-2-4-13(11)19/h2-6,8-9H,7H2,1H3,(H,22,23,26). The van der Waals surface area contributed by atoms with Crippen molar-refractivity contribution in [3.63, 3.8) is 0 Å². The number of nitrogens with zero attached hydrogens (tertiary/aromatic N) is 4. The molecular formula is C16H13Cl4N5O. The zero-order valence-corrected chi connectivity index (χ0v) is 16.5. The molecule has 3 aromatic rings. The fourth-order valence-corrected chi connectivity index (χ4v) is 3.13. The molecule has 0 aliphatic rings. The number of halogens is 4. The summed E-state index contributed by atoms with van der Waals surface area (Å²) < 4.78 is 3.01. The Morgan fingerprint density at radius 1 is 1.15 bits per heavy atom. The summed E-state index contributed by atoms with van der Waals surface area (Å²) >= 11 is 24.4. The third kappa shape index (κ3) is 4.15. The van der Waals surface area contributed by atoms with Crippen LogP contribution < -0.4 is 5.32 Å². The lowest BCUT2D eigenvalue weighted by molar-refractivity contribution is -0.119. The summed E-state index contributed by atoms with van der Waals surface area (Å²) in [4.78, 5) is 12.4. The summed E-state index contributed by atoms with van der Waals surface area (Å²) in [6.07, 6.45) is 4.61. The van der Waals surface area contributed by atoms with E-state index in [-0.39, 0.29) is 11.7 Å². The van der Waals surface area contributed by atoms with Crippen LogP contribution in [0.4, 0.5) is 5.82 Å². The molecule has 0 saturated heterocycles. The molecule has 1 atom stereocenters. The third-order valence-electron chi connectivity index (χ3n) is 3.69. The largest absolute Gasteiger partial charge is 0.306 e. The van der Waals surface area contributed by atoms with Crippen LogP contribution in [0.25, 0.3) is 0 Å². The number of hydrogen-bond donors (Lipinski definition) is 1. The third-order valence-corrected chi connectivity index (χ3v) is 4.87. The van der Waals surface area contributed by atoms with Crippen LogP contribution in [0, 0.1) is 0 Å². The number of anilines is 1. The first kappa shape index (κ1) is 19.0. The molecule has 136 valence electrons. The van der Waals surface area contributed by atoms with Gasteiger partial charge in [0.1, 0.15) is 11.1 Å². The van der Waals surface area contributed by atoms with Gasteiger partial charge in [-0.1, -0.05) is 52.5 Å². The molecule has 10 heteroatoms. The van der Waals surface area contributed by atoms with Crippen molar-refractivity contribution < 1.29 is 4.79 Å². The van der Waals surface area contributed by atoms with Gasteiger partial charge in [0, 0.05) is 28.0 Å². The Hall–Kier alpha value is -1.73. The van der Waals surface area contributed by atoms with E-state index in [1.807, 2.05) is 0 Å². The molecule has 1 N–H and O–H groups in total. The van der Waals surface area contributed by atoms with Crippen molar-refractivity contribution in [2.45, 2.75) is 19.5 Å². The summed E-state index contributed by atoms with van der Waals surface area (Å²) in [6, 6.07) is 4.67. The van der Waals surface area contributed by atoms with Crippen molar-refractivity contribution in [3.05, 3.63) is 62.4 Å². The number of carbonyl (C=O) groups excluding carboxylic acids is 1. The average Bonchev–Trinajstić information content (AvgIpc) is 3.16. The second kappa shape index (κ2) is 7.88. The molecule has 1 aromatic carbocycles. The summed E-state index contributed by atoms with van der Waals surface area (Å²) in [5, 5.41) is 12.8. The van der Waals surface area contributed by atoms with Gasteiger partial charge in [-0.3, -0.25) is 14.2 Å². The highest BCUT2D eigenvalue weighted by atomic mass is 35.5. The van der Waals surface area contributed by atoms with Crippen LogP contribution in [0.1, 0.15) is 18.5 Å². The number of benzene rings is 1. The minimum absolute atomic E-state index is 0.241. The molecule has 1 unspecified atom stereocenters. The topological polar surface area (TPSA) is 64.7 Å². The van der Waals surface area contributed by atoms with Crippen LogP contribution in [-0.4, -0.2) is 25.5 Å². The van der Waals surface area contributed by atoms with Crippen molar-refractivity contribution in [1.29, 1.82) is 0 Å². The molecule has 0 aliphatic heterocycles. The number of rotatable bonds is 5. The predicted molar refractivity (Wildman–Crippen MR) is 103 cm³/mol. The minimum Gasteiger partial charge on any atom is -0.306 e. The summed E-state index contributed by atoms with van der Waals surface area (Å²) in [7, 11) is 0. The van der Waals surface area contributed by atoms with Gasteiger partial charge in [-0.2, -0.15) is 10.2 Å². The van der Waals surface area contributed by atoms with Gasteiger partial charge in [0.25, 0.3) is 0 Å².